The average molecular weight is 286 g/mol. The number of benzene rings is 1. The van der Waals surface area contributed by atoms with Gasteiger partial charge in [-0.25, -0.2) is 0 Å². The van der Waals surface area contributed by atoms with Crippen LogP contribution in [0.4, 0.5) is 11.4 Å². The van der Waals surface area contributed by atoms with E-state index in [4.69, 9.17) is 5.73 Å². The van der Waals surface area contributed by atoms with Crippen LogP contribution >= 0.6 is 0 Å². The van der Waals surface area contributed by atoms with E-state index in [0.29, 0.717) is 5.92 Å². The topological polar surface area (TPSA) is 45.4 Å². The van der Waals surface area contributed by atoms with Crippen molar-refractivity contribution in [1.29, 1.82) is 0 Å². The molecule has 0 fully saturated rings. The lowest BCUT2D eigenvalue weighted by Gasteiger charge is -2.29. The zero-order valence-electron chi connectivity index (χ0n) is 13.5. The minimum atomic E-state index is 0.613. The van der Waals surface area contributed by atoms with Crippen molar-refractivity contribution in [3.05, 3.63) is 30.6 Å². The summed E-state index contributed by atoms with van der Waals surface area (Å²) in [6.45, 7) is 7.58. The Kier molecular flexibility index (Phi) is 5.02. The van der Waals surface area contributed by atoms with Gasteiger partial charge in [-0.3, -0.25) is 4.98 Å². The minimum absolute atomic E-state index is 0.613. The summed E-state index contributed by atoms with van der Waals surface area (Å²) in [5, 5.41) is 2.22. The zero-order valence-corrected chi connectivity index (χ0v) is 13.5. The molecule has 0 bridgehead atoms. The zero-order chi connectivity index (χ0) is 15.4. The van der Waals surface area contributed by atoms with Crippen LogP contribution in [0, 0.1) is 5.92 Å². The van der Waals surface area contributed by atoms with Gasteiger partial charge in [-0.2, -0.15) is 0 Å². The van der Waals surface area contributed by atoms with E-state index in [9.17, 15) is 0 Å². The number of likely N-dealkylation sites (N-methyl/N-ethyl adjacent to an activating group) is 1. The molecule has 2 aromatic rings. The number of anilines is 2. The lowest BCUT2D eigenvalue weighted by atomic mass is 10.1. The van der Waals surface area contributed by atoms with Gasteiger partial charge in [0.1, 0.15) is 0 Å². The Morgan fingerprint density at radius 3 is 2.52 bits per heavy atom. The maximum absolute atomic E-state index is 6.08. The van der Waals surface area contributed by atoms with E-state index in [0.717, 1.165) is 30.7 Å². The summed E-state index contributed by atoms with van der Waals surface area (Å²) in [5.41, 5.74) is 8.12. The Balaban J connectivity index is 2.41. The second-order valence-electron chi connectivity index (χ2n) is 6.24. The number of nitrogen functional groups attached to an aromatic ring is 1. The van der Waals surface area contributed by atoms with E-state index in [1.54, 1.807) is 0 Å². The summed E-state index contributed by atoms with van der Waals surface area (Å²) in [5.74, 6) is 0.613. The Bertz CT molecular complexity index is 592. The van der Waals surface area contributed by atoms with Crippen LogP contribution in [0.15, 0.2) is 30.6 Å². The average Bonchev–Trinajstić information content (AvgIpc) is 2.44. The van der Waals surface area contributed by atoms with Crippen LogP contribution in [0.5, 0.6) is 0 Å². The molecule has 0 aliphatic carbocycles. The van der Waals surface area contributed by atoms with Crippen molar-refractivity contribution in [2.75, 3.05) is 44.4 Å². The molecule has 0 saturated heterocycles. The molecule has 0 radical (unpaired) electrons. The summed E-state index contributed by atoms with van der Waals surface area (Å²) in [7, 11) is 4.22. The molecule has 0 unspecified atom stereocenters. The van der Waals surface area contributed by atoms with E-state index in [1.807, 2.05) is 18.5 Å². The van der Waals surface area contributed by atoms with Crippen LogP contribution in [-0.2, 0) is 0 Å². The fraction of sp³-hybridized carbons (Fsp3) is 0.471. The number of hydrogen-bond acceptors (Lipinski definition) is 4. The SMILES string of the molecule is CC(C)CN(CCN(C)C)c1ccc(N)c2cnccc12. The van der Waals surface area contributed by atoms with Gasteiger partial charge in [0.2, 0.25) is 0 Å². The molecular formula is C17H26N4. The molecule has 2 rings (SSSR count). The van der Waals surface area contributed by atoms with E-state index in [2.05, 4.69) is 54.9 Å². The van der Waals surface area contributed by atoms with Crippen molar-refractivity contribution in [3.63, 3.8) is 0 Å². The van der Waals surface area contributed by atoms with E-state index in [-0.39, 0.29) is 0 Å². The molecular weight excluding hydrogens is 260 g/mol. The van der Waals surface area contributed by atoms with Gasteiger partial charge in [0.05, 0.1) is 0 Å². The monoisotopic (exact) mass is 286 g/mol. The fourth-order valence-electron chi connectivity index (χ4n) is 2.54. The molecule has 0 aliphatic rings. The Morgan fingerprint density at radius 2 is 1.86 bits per heavy atom. The molecule has 21 heavy (non-hydrogen) atoms. The van der Waals surface area contributed by atoms with E-state index in [1.165, 1.54) is 11.1 Å². The largest absolute Gasteiger partial charge is 0.398 e. The second-order valence-corrected chi connectivity index (χ2v) is 6.24. The number of nitrogens with zero attached hydrogens (tertiary/aromatic N) is 3. The first kappa shape index (κ1) is 15.6. The van der Waals surface area contributed by atoms with Crippen molar-refractivity contribution in [3.8, 4) is 0 Å². The highest BCUT2D eigenvalue weighted by atomic mass is 15.2. The number of hydrogen-bond donors (Lipinski definition) is 1. The first-order valence-electron chi connectivity index (χ1n) is 7.51. The van der Waals surface area contributed by atoms with Gasteiger partial charge in [-0.15, -0.1) is 0 Å². The summed E-state index contributed by atoms with van der Waals surface area (Å²) in [6.07, 6.45) is 3.69. The van der Waals surface area contributed by atoms with Gasteiger partial charge < -0.3 is 15.5 Å². The third-order valence-electron chi connectivity index (χ3n) is 3.57. The summed E-state index contributed by atoms with van der Waals surface area (Å²) in [4.78, 5) is 8.87. The van der Waals surface area contributed by atoms with Gasteiger partial charge in [-0.1, -0.05) is 13.8 Å². The molecule has 0 amide bonds. The molecule has 0 spiro atoms. The third kappa shape index (κ3) is 3.85. The van der Waals surface area contributed by atoms with Gasteiger partial charge in [0.15, 0.2) is 0 Å². The Morgan fingerprint density at radius 1 is 1.10 bits per heavy atom. The summed E-state index contributed by atoms with van der Waals surface area (Å²) in [6, 6.07) is 6.18. The van der Waals surface area contributed by atoms with Crippen molar-refractivity contribution in [1.82, 2.24) is 9.88 Å². The molecule has 1 heterocycles. The smallest absolute Gasteiger partial charge is 0.0449 e. The highest BCUT2D eigenvalue weighted by Crippen LogP contribution is 2.30. The lowest BCUT2D eigenvalue weighted by molar-refractivity contribution is 0.409. The summed E-state index contributed by atoms with van der Waals surface area (Å²) < 4.78 is 0. The van der Waals surface area contributed by atoms with Gasteiger partial charge in [0.25, 0.3) is 0 Å². The molecule has 1 aromatic heterocycles. The van der Waals surface area contributed by atoms with Crippen LogP contribution in [0.25, 0.3) is 10.8 Å². The molecule has 2 N–H and O–H groups in total. The molecule has 4 heteroatoms. The van der Waals surface area contributed by atoms with Gasteiger partial charge in [0, 0.05) is 54.2 Å². The fourth-order valence-corrected chi connectivity index (χ4v) is 2.54. The molecule has 0 saturated carbocycles. The van der Waals surface area contributed by atoms with Crippen molar-refractivity contribution >= 4 is 22.1 Å². The van der Waals surface area contributed by atoms with Gasteiger partial charge in [-0.05, 0) is 38.2 Å². The van der Waals surface area contributed by atoms with E-state index < -0.39 is 0 Å². The van der Waals surface area contributed by atoms with Crippen LogP contribution in [0.3, 0.4) is 0 Å². The van der Waals surface area contributed by atoms with Crippen LogP contribution in [-0.4, -0.2) is 43.6 Å². The highest BCUT2D eigenvalue weighted by Gasteiger charge is 2.13. The third-order valence-corrected chi connectivity index (χ3v) is 3.57. The first-order chi connectivity index (χ1) is 9.99. The van der Waals surface area contributed by atoms with Crippen molar-refractivity contribution < 1.29 is 0 Å². The lowest BCUT2D eigenvalue weighted by Crippen LogP contribution is -2.34. The molecule has 0 atom stereocenters. The van der Waals surface area contributed by atoms with Crippen molar-refractivity contribution in [2.45, 2.75) is 13.8 Å². The van der Waals surface area contributed by atoms with Crippen LogP contribution < -0.4 is 10.6 Å². The predicted molar refractivity (Wildman–Crippen MR) is 91.8 cm³/mol. The predicted octanol–water partition coefficient (Wildman–Crippen LogP) is 2.84. The Labute approximate surface area is 127 Å². The standard InChI is InChI=1S/C17H26N4/c1-13(2)12-21(10-9-20(3)4)17-6-5-16(18)15-11-19-8-7-14(15)17/h5-8,11,13H,9-10,12,18H2,1-4H3. The number of rotatable bonds is 6. The van der Waals surface area contributed by atoms with Crippen LogP contribution in [0.1, 0.15) is 13.8 Å². The normalized spacial score (nSPS) is 11.5. The van der Waals surface area contributed by atoms with Crippen LogP contribution in [0.2, 0.25) is 0 Å². The maximum atomic E-state index is 6.08. The second kappa shape index (κ2) is 6.76. The maximum Gasteiger partial charge on any atom is 0.0449 e. The molecule has 114 valence electrons. The summed E-state index contributed by atoms with van der Waals surface area (Å²) >= 11 is 0. The highest BCUT2D eigenvalue weighted by molar-refractivity contribution is 6.00. The molecule has 1 aromatic carbocycles. The van der Waals surface area contributed by atoms with E-state index >= 15 is 0 Å². The number of fused-ring (bicyclic) bond motifs is 1. The first-order valence-corrected chi connectivity index (χ1v) is 7.51. The number of pyridine rings is 1. The quantitative estimate of drug-likeness (QED) is 0.829. The number of aromatic nitrogens is 1. The Hall–Kier alpha value is -1.81. The molecule has 4 nitrogen and oxygen atoms in total. The van der Waals surface area contributed by atoms with Gasteiger partial charge >= 0.3 is 0 Å². The number of nitrogens with two attached hydrogens (primary N) is 1. The minimum Gasteiger partial charge on any atom is -0.398 e. The van der Waals surface area contributed by atoms with Crippen molar-refractivity contribution in [2.24, 2.45) is 5.92 Å². The molecule has 0 aliphatic heterocycles.